The van der Waals surface area contributed by atoms with Crippen molar-refractivity contribution < 1.29 is 14.3 Å². The Kier molecular flexibility index (Phi) is 6.72. The van der Waals surface area contributed by atoms with Crippen molar-refractivity contribution in [3.63, 3.8) is 0 Å². The van der Waals surface area contributed by atoms with E-state index in [4.69, 9.17) is 9.72 Å². The Hall–Kier alpha value is -3.06. The van der Waals surface area contributed by atoms with E-state index < -0.39 is 11.3 Å². The van der Waals surface area contributed by atoms with Crippen LogP contribution in [0.5, 0.6) is 5.75 Å². The lowest BCUT2D eigenvalue weighted by Crippen LogP contribution is -2.42. The van der Waals surface area contributed by atoms with Gasteiger partial charge in [0.1, 0.15) is 5.75 Å². The number of rotatable bonds is 6. The number of urea groups is 1. The van der Waals surface area contributed by atoms with Gasteiger partial charge in [-0.15, -0.1) is 0 Å². The van der Waals surface area contributed by atoms with Gasteiger partial charge >= 0.3 is 6.03 Å². The summed E-state index contributed by atoms with van der Waals surface area (Å²) in [5.74, 6) is 0.350. The maximum atomic E-state index is 12.3. The molecule has 7 heteroatoms. The zero-order valence-corrected chi connectivity index (χ0v) is 17.4. The Morgan fingerprint density at radius 1 is 1.14 bits per heavy atom. The van der Waals surface area contributed by atoms with E-state index in [-0.39, 0.29) is 5.91 Å². The SMILES string of the molecule is CCNC(=O)NC(=O)C(C)Sc1cc(-c2ccccc2)c2ccc(OC)cc2n1. The highest BCUT2D eigenvalue weighted by molar-refractivity contribution is 8.00. The number of imide groups is 1. The van der Waals surface area contributed by atoms with Crippen molar-refractivity contribution in [1.29, 1.82) is 0 Å². The van der Waals surface area contributed by atoms with Gasteiger partial charge in [0.2, 0.25) is 5.91 Å². The molecule has 3 rings (SSSR count). The number of carbonyl (C=O) groups excluding carboxylic acids is 2. The van der Waals surface area contributed by atoms with Crippen molar-refractivity contribution in [2.24, 2.45) is 0 Å². The van der Waals surface area contributed by atoms with Crippen molar-refractivity contribution in [2.75, 3.05) is 13.7 Å². The van der Waals surface area contributed by atoms with Gasteiger partial charge in [0.25, 0.3) is 0 Å². The van der Waals surface area contributed by atoms with Crippen LogP contribution >= 0.6 is 11.8 Å². The fourth-order valence-electron chi connectivity index (χ4n) is 2.88. The average Bonchev–Trinajstić information content (AvgIpc) is 2.73. The highest BCUT2D eigenvalue weighted by Crippen LogP contribution is 2.34. The summed E-state index contributed by atoms with van der Waals surface area (Å²) < 4.78 is 5.34. The second kappa shape index (κ2) is 9.43. The lowest BCUT2D eigenvalue weighted by molar-refractivity contribution is -0.119. The zero-order chi connectivity index (χ0) is 20.8. The number of amides is 3. The molecule has 0 aliphatic rings. The third-order valence-electron chi connectivity index (χ3n) is 4.32. The van der Waals surface area contributed by atoms with Crippen molar-refractivity contribution in [3.05, 3.63) is 54.6 Å². The minimum atomic E-state index is -0.494. The van der Waals surface area contributed by atoms with Crippen molar-refractivity contribution >= 4 is 34.6 Å². The first-order chi connectivity index (χ1) is 14.0. The fourth-order valence-corrected chi connectivity index (χ4v) is 3.75. The highest BCUT2D eigenvalue weighted by atomic mass is 32.2. The molecule has 0 fully saturated rings. The van der Waals surface area contributed by atoms with Crippen LogP contribution in [0, 0.1) is 0 Å². The first-order valence-electron chi connectivity index (χ1n) is 9.31. The van der Waals surface area contributed by atoms with Gasteiger partial charge in [0.05, 0.1) is 22.9 Å². The van der Waals surface area contributed by atoms with Gasteiger partial charge in [0, 0.05) is 18.0 Å². The van der Waals surface area contributed by atoms with Crippen LogP contribution < -0.4 is 15.4 Å². The molecule has 1 atom stereocenters. The van der Waals surface area contributed by atoms with E-state index in [1.54, 1.807) is 21.0 Å². The fraction of sp³-hybridized carbons (Fsp3) is 0.227. The summed E-state index contributed by atoms with van der Waals surface area (Å²) in [6.07, 6.45) is 0. The number of nitrogens with one attached hydrogen (secondary N) is 2. The maximum Gasteiger partial charge on any atom is 0.321 e. The standard InChI is InChI=1S/C22H23N3O3S/c1-4-23-22(27)25-21(26)14(2)29-20-13-18(15-8-6-5-7-9-15)17-11-10-16(28-3)12-19(17)24-20/h5-14H,4H2,1-3H3,(H2,23,25,26,27). The van der Waals surface area contributed by atoms with Crippen LogP contribution in [0.1, 0.15) is 13.8 Å². The minimum Gasteiger partial charge on any atom is -0.497 e. The molecular weight excluding hydrogens is 386 g/mol. The average molecular weight is 410 g/mol. The van der Waals surface area contributed by atoms with Crippen LogP contribution in [0.15, 0.2) is 59.6 Å². The van der Waals surface area contributed by atoms with Gasteiger partial charge in [-0.3, -0.25) is 10.1 Å². The van der Waals surface area contributed by atoms with Gasteiger partial charge < -0.3 is 10.1 Å². The first-order valence-corrected chi connectivity index (χ1v) is 10.2. The molecule has 150 valence electrons. The normalized spacial score (nSPS) is 11.7. The van der Waals surface area contributed by atoms with E-state index in [0.29, 0.717) is 17.3 Å². The van der Waals surface area contributed by atoms with E-state index in [9.17, 15) is 9.59 Å². The number of aromatic nitrogens is 1. The Morgan fingerprint density at radius 2 is 1.90 bits per heavy atom. The molecule has 0 radical (unpaired) electrons. The van der Waals surface area contributed by atoms with Gasteiger partial charge in [-0.1, -0.05) is 42.1 Å². The Morgan fingerprint density at radius 3 is 2.59 bits per heavy atom. The number of nitrogens with zero attached hydrogens (tertiary/aromatic N) is 1. The summed E-state index contributed by atoms with van der Waals surface area (Å²) >= 11 is 1.30. The summed E-state index contributed by atoms with van der Waals surface area (Å²) in [6, 6.07) is 17.3. The molecule has 0 aliphatic carbocycles. The lowest BCUT2D eigenvalue weighted by Gasteiger charge is -2.14. The van der Waals surface area contributed by atoms with Crippen LogP contribution in [0.25, 0.3) is 22.0 Å². The molecular formula is C22H23N3O3S. The van der Waals surface area contributed by atoms with Crippen LogP contribution in [0.2, 0.25) is 0 Å². The highest BCUT2D eigenvalue weighted by Gasteiger charge is 2.19. The molecule has 0 aliphatic heterocycles. The number of benzene rings is 2. The summed E-state index contributed by atoms with van der Waals surface area (Å²) in [5, 5.41) is 6.11. The van der Waals surface area contributed by atoms with Gasteiger partial charge in [-0.2, -0.15) is 0 Å². The lowest BCUT2D eigenvalue weighted by atomic mass is 10.0. The van der Waals surface area contributed by atoms with Crippen molar-refractivity contribution in [1.82, 2.24) is 15.6 Å². The quantitative estimate of drug-likeness (QED) is 0.596. The molecule has 0 bridgehead atoms. The number of ether oxygens (including phenoxy) is 1. The second-order valence-corrected chi connectivity index (χ2v) is 7.73. The number of pyridine rings is 1. The Labute approximate surface area is 174 Å². The number of thioether (sulfide) groups is 1. The largest absolute Gasteiger partial charge is 0.497 e. The van der Waals surface area contributed by atoms with Crippen LogP contribution in [0.3, 0.4) is 0 Å². The number of fused-ring (bicyclic) bond motifs is 1. The number of methoxy groups -OCH3 is 1. The van der Waals surface area contributed by atoms with Gasteiger partial charge in [0.15, 0.2) is 0 Å². The molecule has 2 aromatic carbocycles. The number of hydrogen-bond donors (Lipinski definition) is 2. The van der Waals surface area contributed by atoms with E-state index in [2.05, 4.69) is 10.6 Å². The summed E-state index contributed by atoms with van der Waals surface area (Å²) in [5.41, 5.74) is 2.87. The number of carbonyl (C=O) groups is 2. The monoisotopic (exact) mass is 409 g/mol. The van der Waals surface area contributed by atoms with Crippen molar-refractivity contribution in [2.45, 2.75) is 24.1 Å². The molecule has 1 aromatic heterocycles. The van der Waals surface area contributed by atoms with E-state index >= 15 is 0 Å². The zero-order valence-electron chi connectivity index (χ0n) is 16.6. The van der Waals surface area contributed by atoms with Gasteiger partial charge in [-0.25, -0.2) is 9.78 Å². The second-order valence-electron chi connectivity index (χ2n) is 6.37. The summed E-state index contributed by atoms with van der Waals surface area (Å²) in [7, 11) is 1.62. The smallest absolute Gasteiger partial charge is 0.321 e. The van der Waals surface area contributed by atoms with Crippen molar-refractivity contribution in [3.8, 4) is 16.9 Å². The minimum absolute atomic E-state index is 0.366. The topological polar surface area (TPSA) is 80.3 Å². The molecule has 0 saturated carbocycles. The predicted molar refractivity (Wildman–Crippen MR) is 116 cm³/mol. The predicted octanol–water partition coefficient (Wildman–Crippen LogP) is 4.24. The summed E-state index contributed by atoms with van der Waals surface area (Å²) in [6.45, 7) is 3.99. The molecule has 3 amide bonds. The third-order valence-corrected chi connectivity index (χ3v) is 5.34. The number of hydrogen-bond acceptors (Lipinski definition) is 5. The van der Waals surface area contributed by atoms with E-state index in [1.807, 2.05) is 54.6 Å². The molecule has 1 heterocycles. The van der Waals surface area contributed by atoms with Crippen LogP contribution in [-0.4, -0.2) is 35.8 Å². The molecule has 0 spiro atoms. The maximum absolute atomic E-state index is 12.3. The Balaban J connectivity index is 1.95. The molecule has 0 saturated heterocycles. The molecule has 29 heavy (non-hydrogen) atoms. The van der Waals surface area contributed by atoms with E-state index in [1.165, 1.54) is 11.8 Å². The molecule has 3 aromatic rings. The Bertz CT molecular complexity index is 1020. The summed E-state index contributed by atoms with van der Waals surface area (Å²) in [4.78, 5) is 28.6. The molecule has 2 N–H and O–H groups in total. The van der Waals surface area contributed by atoms with E-state index in [0.717, 1.165) is 22.0 Å². The van der Waals surface area contributed by atoms with Crippen LogP contribution in [-0.2, 0) is 4.79 Å². The third kappa shape index (κ3) is 5.06. The van der Waals surface area contributed by atoms with Gasteiger partial charge in [-0.05, 0) is 43.2 Å². The first kappa shape index (κ1) is 20.7. The van der Waals surface area contributed by atoms with Crippen LogP contribution in [0.4, 0.5) is 4.79 Å². The molecule has 1 unspecified atom stereocenters. The molecule has 6 nitrogen and oxygen atoms in total.